The number of carbonyl (C=O) groups is 2. The molecule has 0 bridgehead atoms. The fourth-order valence-corrected chi connectivity index (χ4v) is 3.55. The van der Waals surface area contributed by atoms with Gasteiger partial charge < -0.3 is 16.2 Å². The van der Waals surface area contributed by atoms with Crippen LogP contribution in [0.3, 0.4) is 0 Å². The van der Waals surface area contributed by atoms with Gasteiger partial charge in [-0.1, -0.05) is 13.8 Å². The summed E-state index contributed by atoms with van der Waals surface area (Å²) in [5.74, 6) is -2.23. The minimum absolute atomic E-state index is 0.262. The Morgan fingerprint density at radius 3 is 2.23 bits per heavy atom. The van der Waals surface area contributed by atoms with Gasteiger partial charge in [-0.15, -0.1) is 0 Å². The molecule has 1 amide bonds. The second kappa shape index (κ2) is 12.8. The highest BCUT2D eigenvalue weighted by Crippen LogP contribution is 2.25. The third kappa shape index (κ3) is 10.3. The highest BCUT2D eigenvalue weighted by atomic mass is 79.9. The number of carbonyl (C=O) groups excluding carboxylic acids is 1. The number of carboxylic acid groups (broad SMARTS) is 1. The first kappa shape index (κ1) is 27.1. The molecule has 1 heterocycles. The second-order valence-corrected chi connectivity index (χ2v) is 8.98. The van der Waals surface area contributed by atoms with Crippen molar-refractivity contribution < 1.29 is 23.5 Å². The summed E-state index contributed by atoms with van der Waals surface area (Å²) in [5.41, 5.74) is 7.18. The number of hydrogen-bond donors (Lipinski definition) is 3. The zero-order valence-electron chi connectivity index (χ0n) is 17.3. The summed E-state index contributed by atoms with van der Waals surface area (Å²) in [6.07, 6.45) is 0.769. The van der Waals surface area contributed by atoms with E-state index >= 15 is 0 Å². The van der Waals surface area contributed by atoms with Gasteiger partial charge in [0.05, 0.1) is 11.7 Å². The third-order valence-electron chi connectivity index (χ3n) is 3.95. The van der Waals surface area contributed by atoms with Gasteiger partial charge in [0.2, 0.25) is 5.91 Å². The van der Waals surface area contributed by atoms with E-state index in [1.54, 1.807) is 6.07 Å². The Hall–Kier alpha value is -1.91. The van der Waals surface area contributed by atoms with Crippen LogP contribution in [0.1, 0.15) is 44.5 Å². The van der Waals surface area contributed by atoms with Crippen molar-refractivity contribution in [2.24, 2.45) is 11.7 Å². The molecule has 0 saturated heterocycles. The number of aromatic nitrogens is 1. The zero-order valence-corrected chi connectivity index (χ0v) is 20.5. The molecular weight excluding hydrogens is 540 g/mol. The molecule has 0 fully saturated rings. The van der Waals surface area contributed by atoms with Crippen molar-refractivity contribution in [2.45, 2.75) is 45.7 Å². The fraction of sp³-hybridized carbons (Fsp3) is 0.381. The van der Waals surface area contributed by atoms with E-state index in [1.165, 1.54) is 19.1 Å². The molecule has 170 valence electrons. The van der Waals surface area contributed by atoms with Crippen LogP contribution in [0.2, 0.25) is 0 Å². The van der Waals surface area contributed by atoms with Gasteiger partial charge in [-0.3, -0.25) is 4.79 Å². The smallest absolute Gasteiger partial charge is 0.326 e. The van der Waals surface area contributed by atoms with Crippen molar-refractivity contribution in [3.05, 3.63) is 62.3 Å². The quantitative estimate of drug-likeness (QED) is 0.421. The highest BCUT2D eigenvalue weighted by Gasteiger charge is 2.19. The minimum Gasteiger partial charge on any atom is -0.480 e. The molecule has 0 spiro atoms. The summed E-state index contributed by atoms with van der Waals surface area (Å²) in [4.78, 5) is 25.4. The van der Waals surface area contributed by atoms with E-state index in [4.69, 9.17) is 10.8 Å². The lowest BCUT2D eigenvalue weighted by Crippen LogP contribution is -2.40. The molecule has 2 atom stereocenters. The molecule has 0 unspecified atom stereocenters. The molecule has 10 heteroatoms. The maximum atomic E-state index is 13.1. The van der Waals surface area contributed by atoms with Gasteiger partial charge in [0.15, 0.2) is 0 Å². The van der Waals surface area contributed by atoms with Gasteiger partial charge in [-0.2, -0.15) is 0 Å². The summed E-state index contributed by atoms with van der Waals surface area (Å²) in [5, 5.41) is 11.0. The van der Waals surface area contributed by atoms with Crippen molar-refractivity contribution in [1.29, 1.82) is 0 Å². The van der Waals surface area contributed by atoms with Crippen LogP contribution >= 0.6 is 31.9 Å². The van der Waals surface area contributed by atoms with Gasteiger partial charge in [-0.25, -0.2) is 18.6 Å². The predicted octanol–water partition coefficient (Wildman–Crippen LogP) is 4.75. The molecule has 6 nitrogen and oxygen atoms in total. The minimum atomic E-state index is -0.973. The molecule has 0 aliphatic carbocycles. The van der Waals surface area contributed by atoms with Crippen LogP contribution in [0.25, 0.3) is 0 Å². The van der Waals surface area contributed by atoms with Crippen LogP contribution in [0.5, 0.6) is 0 Å². The number of hydrogen-bond acceptors (Lipinski definition) is 4. The first-order chi connectivity index (χ1) is 14.4. The number of halogens is 4. The number of nitrogens with zero attached hydrogens (tertiary/aromatic N) is 1. The Kier molecular flexibility index (Phi) is 11.2. The van der Waals surface area contributed by atoms with Crippen LogP contribution < -0.4 is 11.1 Å². The van der Waals surface area contributed by atoms with Crippen LogP contribution in [0.15, 0.2) is 39.4 Å². The second-order valence-electron chi connectivity index (χ2n) is 7.31. The number of carboxylic acids is 1. The summed E-state index contributed by atoms with van der Waals surface area (Å²) in [6, 6.07) is 5.78. The number of nitrogens with one attached hydrogen (secondary N) is 1. The average Bonchev–Trinajstić information content (AvgIpc) is 2.62. The first-order valence-electron chi connectivity index (χ1n) is 9.41. The molecule has 2 rings (SSSR count). The van der Waals surface area contributed by atoms with E-state index in [0.717, 1.165) is 10.5 Å². The maximum absolute atomic E-state index is 13.1. The van der Waals surface area contributed by atoms with E-state index in [0.29, 0.717) is 28.7 Å². The van der Waals surface area contributed by atoms with E-state index in [1.807, 2.05) is 19.9 Å². The molecule has 0 aliphatic rings. The normalized spacial score (nSPS) is 12.5. The number of amides is 1. The van der Waals surface area contributed by atoms with Gasteiger partial charge in [0.25, 0.3) is 0 Å². The van der Waals surface area contributed by atoms with Gasteiger partial charge in [0.1, 0.15) is 22.3 Å². The summed E-state index contributed by atoms with van der Waals surface area (Å²) in [6.45, 7) is 5.14. The molecule has 4 N–H and O–H groups in total. The largest absolute Gasteiger partial charge is 0.480 e. The number of nitrogens with two attached hydrogens (primary N) is 1. The Labute approximate surface area is 196 Å². The first-order valence-corrected chi connectivity index (χ1v) is 11.0. The summed E-state index contributed by atoms with van der Waals surface area (Å²) >= 11 is 6.63. The SMILES string of the molecule is CC(=O)N[C@@H](CC(C)C)C(=O)O.N[C@H](Cc1cc(F)cc(F)c1)c1nc(Br)ccc1Br. The lowest BCUT2D eigenvalue weighted by atomic mass is 10.0. The molecule has 0 saturated carbocycles. The Morgan fingerprint density at radius 2 is 1.74 bits per heavy atom. The van der Waals surface area contributed by atoms with Gasteiger partial charge >= 0.3 is 5.97 Å². The third-order valence-corrected chi connectivity index (χ3v) is 5.06. The Bertz CT molecular complexity index is 893. The Balaban J connectivity index is 0.000000348. The number of aliphatic carboxylic acids is 1. The van der Waals surface area contributed by atoms with Crippen LogP contribution in [0, 0.1) is 17.6 Å². The average molecular weight is 565 g/mol. The molecule has 1 aromatic heterocycles. The van der Waals surface area contributed by atoms with Crippen molar-refractivity contribution >= 4 is 43.7 Å². The zero-order chi connectivity index (χ0) is 23.7. The highest BCUT2D eigenvalue weighted by molar-refractivity contribution is 9.11. The summed E-state index contributed by atoms with van der Waals surface area (Å²) in [7, 11) is 0. The molecular formula is C21H25Br2F2N3O3. The van der Waals surface area contributed by atoms with Crippen LogP contribution in [-0.2, 0) is 16.0 Å². The standard InChI is InChI=1S/C13H10Br2F2N2.C8H15NO3/c14-10-1-2-12(15)19-13(10)11(18)5-7-3-8(16)6-9(17)4-7;1-5(2)4-7(8(11)12)9-6(3)10/h1-4,6,11H,5,18H2;5,7H,4H2,1-3H3,(H,9,10)(H,11,12)/t11-;7-/m10/s1. The van der Waals surface area contributed by atoms with E-state index in [9.17, 15) is 18.4 Å². The Morgan fingerprint density at radius 1 is 1.16 bits per heavy atom. The fourth-order valence-electron chi connectivity index (χ4n) is 2.71. The lowest BCUT2D eigenvalue weighted by Gasteiger charge is -2.14. The van der Waals surface area contributed by atoms with Crippen LogP contribution in [-0.4, -0.2) is 28.0 Å². The van der Waals surface area contributed by atoms with Gasteiger partial charge in [0, 0.05) is 17.5 Å². The number of pyridine rings is 1. The molecule has 0 aliphatic heterocycles. The molecule has 2 aromatic rings. The van der Waals surface area contributed by atoms with Crippen molar-refractivity contribution in [3.63, 3.8) is 0 Å². The van der Waals surface area contributed by atoms with E-state index < -0.39 is 29.7 Å². The molecule has 1 aromatic carbocycles. The molecule has 0 radical (unpaired) electrons. The molecule has 31 heavy (non-hydrogen) atoms. The van der Waals surface area contributed by atoms with E-state index in [2.05, 4.69) is 42.2 Å². The van der Waals surface area contributed by atoms with Gasteiger partial charge in [-0.05, 0) is 80.4 Å². The number of rotatable bonds is 7. The van der Waals surface area contributed by atoms with Crippen molar-refractivity contribution in [1.82, 2.24) is 10.3 Å². The lowest BCUT2D eigenvalue weighted by molar-refractivity contribution is -0.142. The summed E-state index contributed by atoms with van der Waals surface area (Å²) < 4.78 is 27.6. The monoisotopic (exact) mass is 563 g/mol. The van der Waals surface area contributed by atoms with Crippen molar-refractivity contribution in [2.75, 3.05) is 0 Å². The van der Waals surface area contributed by atoms with Crippen LogP contribution in [0.4, 0.5) is 8.78 Å². The number of benzene rings is 1. The topological polar surface area (TPSA) is 105 Å². The van der Waals surface area contributed by atoms with E-state index in [-0.39, 0.29) is 11.8 Å². The predicted molar refractivity (Wildman–Crippen MR) is 121 cm³/mol. The van der Waals surface area contributed by atoms with Crippen molar-refractivity contribution in [3.8, 4) is 0 Å². The maximum Gasteiger partial charge on any atom is 0.326 e.